The number of aromatic amines is 1. The molecule has 122 valence electrons. The maximum atomic E-state index is 12.1. The predicted molar refractivity (Wildman–Crippen MR) is 94.6 cm³/mol. The molecule has 6 nitrogen and oxygen atoms in total. The second-order valence-corrected chi connectivity index (χ2v) is 6.03. The van der Waals surface area contributed by atoms with E-state index in [9.17, 15) is 4.79 Å². The molecule has 2 N–H and O–H groups in total. The molecule has 1 aromatic carbocycles. The fraction of sp³-hybridized carbons (Fsp3) is 0.105. The lowest BCUT2D eigenvalue weighted by Crippen LogP contribution is -2.13. The van der Waals surface area contributed by atoms with Gasteiger partial charge in [-0.1, -0.05) is 12.1 Å². The zero-order valence-corrected chi connectivity index (χ0v) is 13.5. The van der Waals surface area contributed by atoms with Crippen molar-refractivity contribution < 1.29 is 9.53 Å². The molecule has 0 bridgehead atoms. The number of aromatic nitrogens is 3. The largest absolute Gasteiger partial charge is 0.481 e. The van der Waals surface area contributed by atoms with Crippen molar-refractivity contribution in [1.29, 1.82) is 0 Å². The Bertz CT molecular complexity index is 1150. The first-order valence-electron chi connectivity index (χ1n) is 7.96. The van der Waals surface area contributed by atoms with Crippen molar-refractivity contribution in [3.63, 3.8) is 0 Å². The summed E-state index contributed by atoms with van der Waals surface area (Å²) in [6.45, 7) is 0.546. The molecule has 1 aliphatic rings. The molecule has 0 radical (unpaired) electrons. The summed E-state index contributed by atoms with van der Waals surface area (Å²) < 4.78 is 5.10. The van der Waals surface area contributed by atoms with Crippen molar-refractivity contribution in [1.82, 2.24) is 20.3 Å². The molecule has 4 aromatic rings. The number of hydrogen-bond acceptors (Lipinski definition) is 4. The second-order valence-electron chi connectivity index (χ2n) is 6.03. The van der Waals surface area contributed by atoms with Crippen LogP contribution in [0.2, 0.25) is 0 Å². The van der Waals surface area contributed by atoms with E-state index in [1.807, 2.05) is 36.5 Å². The molecular formula is C19H14N4O2. The lowest BCUT2D eigenvalue weighted by molar-refractivity contribution is 0.0967. The SMILES string of the molecule is COc1ccc(-c2cc3c(ccc4c5c([nH]c43)CNC5=O)cn2)cn1. The molecule has 5 rings (SSSR count). The van der Waals surface area contributed by atoms with Gasteiger partial charge in [0.2, 0.25) is 5.88 Å². The number of ether oxygens (including phenoxy) is 1. The van der Waals surface area contributed by atoms with Crippen LogP contribution in [0.4, 0.5) is 0 Å². The third kappa shape index (κ3) is 2.00. The Morgan fingerprint density at radius 2 is 2.00 bits per heavy atom. The zero-order valence-electron chi connectivity index (χ0n) is 13.5. The molecule has 0 unspecified atom stereocenters. The Balaban J connectivity index is 1.73. The number of methoxy groups -OCH3 is 1. The molecule has 0 atom stereocenters. The van der Waals surface area contributed by atoms with Crippen LogP contribution in [0.5, 0.6) is 5.88 Å². The Morgan fingerprint density at radius 1 is 1.08 bits per heavy atom. The van der Waals surface area contributed by atoms with E-state index in [-0.39, 0.29) is 5.91 Å². The molecular weight excluding hydrogens is 316 g/mol. The van der Waals surface area contributed by atoms with Crippen molar-refractivity contribution in [3.05, 3.63) is 54.0 Å². The maximum absolute atomic E-state index is 12.1. The standard InChI is InChI=1S/C19H14N4O2/c1-25-16-5-3-11(8-21-16)14-6-13-10(7-20-14)2-4-12-17-15(23-18(12)13)9-22-19(17)24/h2-8,23H,9H2,1H3,(H,22,24). The number of benzene rings is 1. The van der Waals surface area contributed by atoms with Gasteiger partial charge in [-0.3, -0.25) is 9.78 Å². The Kier molecular flexibility index (Phi) is 2.82. The first-order chi connectivity index (χ1) is 12.2. The fourth-order valence-corrected chi connectivity index (χ4v) is 3.40. The Morgan fingerprint density at radius 3 is 2.80 bits per heavy atom. The monoisotopic (exact) mass is 330 g/mol. The summed E-state index contributed by atoms with van der Waals surface area (Å²) in [6.07, 6.45) is 3.59. The number of rotatable bonds is 2. The van der Waals surface area contributed by atoms with Gasteiger partial charge >= 0.3 is 0 Å². The number of amides is 1. The molecule has 4 heterocycles. The van der Waals surface area contributed by atoms with Gasteiger partial charge in [0, 0.05) is 45.9 Å². The van der Waals surface area contributed by atoms with Gasteiger partial charge in [0.1, 0.15) is 0 Å². The quantitative estimate of drug-likeness (QED) is 0.592. The van der Waals surface area contributed by atoms with Crippen LogP contribution in [0.3, 0.4) is 0 Å². The van der Waals surface area contributed by atoms with Gasteiger partial charge < -0.3 is 15.0 Å². The number of nitrogens with one attached hydrogen (secondary N) is 2. The van der Waals surface area contributed by atoms with Crippen LogP contribution in [0.15, 0.2) is 42.7 Å². The molecule has 0 fully saturated rings. The van der Waals surface area contributed by atoms with Gasteiger partial charge in [0.25, 0.3) is 5.91 Å². The van der Waals surface area contributed by atoms with Crippen LogP contribution in [0.1, 0.15) is 16.1 Å². The third-order valence-electron chi connectivity index (χ3n) is 4.64. The number of H-pyrrole nitrogens is 1. The number of carbonyl (C=O) groups is 1. The van der Waals surface area contributed by atoms with E-state index in [0.717, 1.165) is 44.2 Å². The summed E-state index contributed by atoms with van der Waals surface area (Å²) in [7, 11) is 1.59. The first-order valence-corrected chi connectivity index (χ1v) is 7.96. The highest BCUT2D eigenvalue weighted by Gasteiger charge is 2.24. The molecule has 0 spiro atoms. The van der Waals surface area contributed by atoms with Gasteiger partial charge in [-0.2, -0.15) is 0 Å². The topological polar surface area (TPSA) is 79.9 Å². The van der Waals surface area contributed by atoms with Crippen LogP contribution >= 0.6 is 0 Å². The molecule has 0 saturated carbocycles. The Hall–Kier alpha value is -3.41. The highest BCUT2D eigenvalue weighted by atomic mass is 16.5. The maximum Gasteiger partial charge on any atom is 0.254 e. The lowest BCUT2D eigenvalue weighted by atomic mass is 10.0. The highest BCUT2D eigenvalue weighted by Crippen LogP contribution is 2.33. The van der Waals surface area contributed by atoms with Gasteiger partial charge in [0.05, 0.1) is 30.4 Å². The van der Waals surface area contributed by atoms with Crippen molar-refractivity contribution in [2.75, 3.05) is 7.11 Å². The average molecular weight is 330 g/mol. The van der Waals surface area contributed by atoms with Gasteiger partial charge in [0.15, 0.2) is 0 Å². The summed E-state index contributed by atoms with van der Waals surface area (Å²) in [5.41, 5.74) is 4.41. The van der Waals surface area contributed by atoms with E-state index in [0.29, 0.717) is 12.4 Å². The summed E-state index contributed by atoms with van der Waals surface area (Å²) in [5, 5.41) is 5.87. The van der Waals surface area contributed by atoms with Crippen LogP contribution in [0, 0.1) is 0 Å². The van der Waals surface area contributed by atoms with Gasteiger partial charge in [-0.15, -0.1) is 0 Å². The van der Waals surface area contributed by atoms with E-state index < -0.39 is 0 Å². The second kappa shape index (κ2) is 5.04. The smallest absolute Gasteiger partial charge is 0.254 e. The molecule has 0 saturated heterocycles. The minimum absolute atomic E-state index is 0.0192. The summed E-state index contributed by atoms with van der Waals surface area (Å²) >= 11 is 0. The van der Waals surface area contributed by atoms with E-state index in [4.69, 9.17) is 4.74 Å². The molecule has 1 amide bonds. The molecule has 0 aliphatic carbocycles. The number of pyridine rings is 2. The van der Waals surface area contributed by atoms with Crippen molar-refractivity contribution in [2.45, 2.75) is 6.54 Å². The summed E-state index contributed by atoms with van der Waals surface area (Å²) in [4.78, 5) is 24.2. The normalized spacial score (nSPS) is 13.2. The minimum Gasteiger partial charge on any atom is -0.481 e. The van der Waals surface area contributed by atoms with Crippen LogP contribution in [-0.4, -0.2) is 28.0 Å². The van der Waals surface area contributed by atoms with Crippen LogP contribution in [0.25, 0.3) is 32.9 Å². The molecule has 25 heavy (non-hydrogen) atoms. The molecule has 3 aromatic heterocycles. The van der Waals surface area contributed by atoms with E-state index >= 15 is 0 Å². The highest BCUT2D eigenvalue weighted by molar-refractivity contribution is 6.16. The van der Waals surface area contributed by atoms with Crippen LogP contribution < -0.4 is 10.1 Å². The number of fused-ring (bicyclic) bond motifs is 5. The molecule has 1 aliphatic heterocycles. The van der Waals surface area contributed by atoms with Gasteiger partial charge in [-0.05, 0) is 12.1 Å². The van der Waals surface area contributed by atoms with E-state index in [1.165, 1.54) is 0 Å². The van der Waals surface area contributed by atoms with E-state index in [2.05, 4.69) is 20.3 Å². The first kappa shape index (κ1) is 14.0. The summed E-state index contributed by atoms with van der Waals surface area (Å²) in [6, 6.07) is 9.76. The van der Waals surface area contributed by atoms with Crippen molar-refractivity contribution in [2.24, 2.45) is 0 Å². The van der Waals surface area contributed by atoms with Crippen molar-refractivity contribution in [3.8, 4) is 17.1 Å². The number of nitrogens with zero attached hydrogens (tertiary/aromatic N) is 2. The van der Waals surface area contributed by atoms with Crippen LogP contribution in [-0.2, 0) is 6.54 Å². The van der Waals surface area contributed by atoms with Gasteiger partial charge in [-0.25, -0.2) is 4.98 Å². The number of carbonyl (C=O) groups excluding carboxylic acids is 1. The number of hydrogen-bond donors (Lipinski definition) is 2. The minimum atomic E-state index is -0.0192. The Labute approximate surface area is 142 Å². The third-order valence-corrected chi connectivity index (χ3v) is 4.64. The zero-order chi connectivity index (χ0) is 17.0. The predicted octanol–water partition coefficient (Wildman–Crippen LogP) is 3.03. The van der Waals surface area contributed by atoms with Crippen molar-refractivity contribution >= 4 is 27.6 Å². The van der Waals surface area contributed by atoms with E-state index in [1.54, 1.807) is 13.3 Å². The molecule has 6 heteroatoms. The average Bonchev–Trinajstić information content (AvgIpc) is 3.21. The lowest BCUT2D eigenvalue weighted by Gasteiger charge is -2.06. The summed E-state index contributed by atoms with van der Waals surface area (Å²) in [5.74, 6) is 0.549. The fourth-order valence-electron chi connectivity index (χ4n) is 3.40.